The molecule has 0 radical (unpaired) electrons. The van der Waals surface area contributed by atoms with Crippen molar-refractivity contribution in [1.29, 1.82) is 5.26 Å². The summed E-state index contributed by atoms with van der Waals surface area (Å²) >= 11 is 0. The molecule has 0 bridgehead atoms. The molecule has 0 unspecified atom stereocenters. The molecule has 3 nitrogen and oxygen atoms in total. The number of rotatable bonds is 2. The zero-order chi connectivity index (χ0) is 11.4. The Morgan fingerprint density at radius 3 is 2.62 bits per heavy atom. The molecule has 1 aromatic heterocycles. The normalized spacial score (nSPS) is 24.8. The molecule has 1 aliphatic rings. The fourth-order valence-electron chi connectivity index (χ4n) is 2.16. The quantitative estimate of drug-likeness (QED) is 0.825. The molecule has 16 heavy (non-hydrogen) atoms. The van der Waals surface area contributed by atoms with Crippen LogP contribution in [-0.2, 0) is 0 Å². The van der Waals surface area contributed by atoms with Crippen molar-refractivity contribution < 1.29 is 0 Å². The van der Waals surface area contributed by atoms with E-state index in [2.05, 4.69) is 23.3 Å². The topological polar surface area (TPSA) is 48.7 Å². The first-order chi connectivity index (χ1) is 7.78. The van der Waals surface area contributed by atoms with Crippen molar-refractivity contribution in [3.8, 4) is 6.07 Å². The number of hydrogen-bond donors (Lipinski definition) is 1. The van der Waals surface area contributed by atoms with Gasteiger partial charge < -0.3 is 5.32 Å². The summed E-state index contributed by atoms with van der Waals surface area (Å²) in [6.07, 6.45) is 6.67. The number of aromatic nitrogens is 1. The Balaban J connectivity index is 1.91. The lowest BCUT2D eigenvalue weighted by molar-refractivity contribution is 0.361. The Morgan fingerprint density at radius 1 is 1.31 bits per heavy atom. The van der Waals surface area contributed by atoms with Crippen LogP contribution in [0.1, 0.15) is 38.2 Å². The van der Waals surface area contributed by atoms with Gasteiger partial charge in [-0.25, -0.2) is 4.98 Å². The highest BCUT2D eigenvalue weighted by molar-refractivity contribution is 5.39. The number of nitrogens with zero attached hydrogens (tertiary/aromatic N) is 2. The molecule has 1 fully saturated rings. The average Bonchev–Trinajstić information content (AvgIpc) is 2.33. The van der Waals surface area contributed by atoms with Crippen molar-refractivity contribution in [2.24, 2.45) is 5.92 Å². The lowest BCUT2D eigenvalue weighted by Gasteiger charge is -2.27. The van der Waals surface area contributed by atoms with E-state index in [-0.39, 0.29) is 0 Å². The third-order valence-corrected chi connectivity index (χ3v) is 3.26. The predicted octanol–water partition coefficient (Wildman–Crippen LogP) is 2.94. The highest BCUT2D eigenvalue weighted by Gasteiger charge is 2.17. The van der Waals surface area contributed by atoms with Gasteiger partial charge in [-0.15, -0.1) is 0 Å². The summed E-state index contributed by atoms with van der Waals surface area (Å²) in [6.45, 7) is 2.32. The molecule has 3 heteroatoms. The van der Waals surface area contributed by atoms with Crippen LogP contribution >= 0.6 is 0 Å². The molecule has 2 rings (SSSR count). The van der Waals surface area contributed by atoms with E-state index in [0.29, 0.717) is 11.6 Å². The Labute approximate surface area is 96.5 Å². The van der Waals surface area contributed by atoms with E-state index in [1.54, 1.807) is 12.3 Å². The van der Waals surface area contributed by atoms with Crippen molar-refractivity contribution in [1.82, 2.24) is 4.98 Å². The minimum Gasteiger partial charge on any atom is -0.367 e. The van der Waals surface area contributed by atoms with Crippen LogP contribution in [0.3, 0.4) is 0 Å². The molecular formula is C13H17N3. The fourth-order valence-corrected chi connectivity index (χ4v) is 2.16. The molecule has 1 aliphatic carbocycles. The van der Waals surface area contributed by atoms with Gasteiger partial charge in [-0.2, -0.15) is 5.26 Å². The highest BCUT2D eigenvalue weighted by atomic mass is 15.0. The van der Waals surface area contributed by atoms with Crippen LogP contribution in [-0.4, -0.2) is 11.0 Å². The highest BCUT2D eigenvalue weighted by Crippen LogP contribution is 2.25. The number of anilines is 1. The molecule has 0 amide bonds. The second-order valence-corrected chi connectivity index (χ2v) is 4.65. The predicted molar refractivity (Wildman–Crippen MR) is 64.0 cm³/mol. The van der Waals surface area contributed by atoms with Gasteiger partial charge in [0.2, 0.25) is 0 Å². The van der Waals surface area contributed by atoms with Gasteiger partial charge in [-0.3, -0.25) is 0 Å². The Bertz CT molecular complexity index is 369. The second kappa shape index (κ2) is 4.98. The number of nitriles is 1. The summed E-state index contributed by atoms with van der Waals surface area (Å²) in [5.41, 5.74) is 0.614. The lowest BCUT2D eigenvalue weighted by atomic mass is 9.87. The SMILES string of the molecule is CC1CCC(Nc2ccc(C#N)cn2)CC1. The van der Waals surface area contributed by atoms with Gasteiger partial charge in [-0.1, -0.05) is 6.92 Å². The van der Waals surface area contributed by atoms with Crippen molar-refractivity contribution in [3.05, 3.63) is 23.9 Å². The largest absolute Gasteiger partial charge is 0.367 e. The maximum Gasteiger partial charge on any atom is 0.126 e. The van der Waals surface area contributed by atoms with E-state index in [4.69, 9.17) is 5.26 Å². The van der Waals surface area contributed by atoms with Gasteiger partial charge in [0, 0.05) is 12.2 Å². The standard InChI is InChI=1S/C13H17N3/c1-10-2-5-12(6-3-10)16-13-7-4-11(8-14)9-15-13/h4,7,9-10,12H,2-3,5-6H2,1H3,(H,15,16). The molecule has 84 valence electrons. The van der Waals surface area contributed by atoms with Crippen molar-refractivity contribution in [3.63, 3.8) is 0 Å². The first kappa shape index (κ1) is 10.9. The fraction of sp³-hybridized carbons (Fsp3) is 0.538. The van der Waals surface area contributed by atoms with Crippen LogP contribution in [0.15, 0.2) is 18.3 Å². The van der Waals surface area contributed by atoms with Crippen LogP contribution in [0.25, 0.3) is 0 Å². The molecule has 1 heterocycles. The van der Waals surface area contributed by atoms with E-state index >= 15 is 0 Å². The minimum absolute atomic E-state index is 0.552. The van der Waals surface area contributed by atoms with E-state index in [9.17, 15) is 0 Å². The molecule has 1 aromatic rings. The summed E-state index contributed by atoms with van der Waals surface area (Å²) in [5.74, 6) is 1.76. The smallest absolute Gasteiger partial charge is 0.126 e. The Morgan fingerprint density at radius 2 is 2.06 bits per heavy atom. The van der Waals surface area contributed by atoms with Crippen LogP contribution in [0.2, 0.25) is 0 Å². The molecule has 0 atom stereocenters. The summed E-state index contributed by atoms with van der Waals surface area (Å²) in [6, 6.07) is 6.32. The van der Waals surface area contributed by atoms with Gasteiger partial charge in [0.05, 0.1) is 5.56 Å². The van der Waals surface area contributed by atoms with Crippen LogP contribution in [0.4, 0.5) is 5.82 Å². The molecule has 0 aromatic carbocycles. The monoisotopic (exact) mass is 215 g/mol. The van der Waals surface area contributed by atoms with E-state index in [1.807, 2.05) is 6.07 Å². The first-order valence-corrected chi connectivity index (χ1v) is 5.90. The van der Waals surface area contributed by atoms with E-state index in [1.165, 1.54) is 25.7 Å². The van der Waals surface area contributed by atoms with Gasteiger partial charge >= 0.3 is 0 Å². The first-order valence-electron chi connectivity index (χ1n) is 5.90. The third kappa shape index (κ3) is 2.73. The lowest BCUT2D eigenvalue weighted by Crippen LogP contribution is -2.25. The minimum atomic E-state index is 0.552. The number of hydrogen-bond acceptors (Lipinski definition) is 3. The van der Waals surface area contributed by atoms with Crippen molar-refractivity contribution in [2.45, 2.75) is 38.6 Å². The summed E-state index contributed by atoms with van der Waals surface area (Å²) in [4.78, 5) is 4.23. The van der Waals surface area contributed by atoms with Crippen molar-refractivity contribution >= 4 is 5.82 Å². The Hall–Kier alpha value is -1.56. The summed E-state index contributed by atoms with van der Waals surface area (Å²) < 4.78 is 0. The van der Waals surface area contributed by atoms with Gasteiger partial charge in [-0.05, 0) is 43.7 Å². The maximum absolute atomic E-state index is 8.67. The molecular weight excluding hydrogens is 198 g/mol. The molecule has 0 aliphatic heterocycles. The number of pyridine rings is 1. The van der Waals surface area contributed by atoms with Gasteiger partial charge in [0.25, 0.3) is 0 Å². The maximum atomic E-state index is 8.67. The zero-order valence-corrected chi connectivity index (χ0v) is 9.61. The van der Waals surface area contributed by atoms with E-state index < -0.39 is 0 Å². The third-order valence-electron chi connectivity index (χ3n) is 3.26. The second-order valence-electron chi connectivity index (χ2n) is 4.65. The molecule has 1 saturated carbocycles. The van der Waals surface area contributed by atoms with Gasteiger partial charge in [0.1, 0.15) is 11.9 Å². The van der Waals surface area contributed by atoms with Gasteiger partial charge in [0.15, 0.2) is 0 Å². The molecule has 0 saturated heterocycles. The van der Waals surface area contributed by atoms with E-state index in [0.717, 1.165) is 11.7 Å². The molecule has 0 spiro atoms. The summed E-state index contributed by atoms with van der Waals surface area (Å²) in [7, 11) is 0. The van der Waals surface area contributed by atoms with Crippen LogP contribution in [0.5, 0.6) is 0 Å². The average molecular weight is 215 g/mol. The summed E-state index contributed by atoms with van der Waals surface area (Å²) in [5, 5.41) is 12.1. The molecule has 1 N–H and O–H groups in total. The Kier molecular flexibility index (Phi) is 3.40. The number of nitrogens with one attached hydrogen (secondary N) is 1. The van der Waals surface area contributed by atoms with Crippen LogP contribution < -0.4 is 5.32 Å². The van der Waals surface area contributed by atoms with Crippen molar-refractivity contribution in [2.75, 3.05) is 5.32 Å². The van der Waals surface area contributed by atoms with Crippen LogP contribution in [0, 0.1) is 17.2 Å². The zero-order valence-electron chi connectivity index (χ0n) is 9.61.